The van der Waals surface area contributed by atoms with Crippen LogP contribution in [0.2, 0.25) is 0 Å². The number of amides is 1. The Balaban J connectivity index is 1.52. The second-order valence-electron chi connectivity index (χ2n) is 9.30. The van der Waals surface area contributed by atoms with Gasteiger partial charge in [0.25, 0.3) is 5.91 Å². The van der Waals surface area contributed by atoms with Crippen LogP contribution in [0.25, 0.3) is 16.7 Å². The lowest BCUT2D eigenvalue weighted by Crippen LogP contribution is -2.29. The van der Waals surface area contributed by atoms with E-state index in [0.717, 1.165) is 54.1 Å². The molecule has 5 nitrogen and oxygen atoms in total. The maximum atomic E-state index is 13.2. The molecule has 0 unspecified atom stereocenters. The summed E-state index contributed by atoms with van der Waals surface area (Å²) in [5, 5.41) is 2.75. The molecule has 0 saturated carbocycles. The van der Waals surface area contributed by atoms with Crippen LogP contribution in [-0.4, -0.2) is 33.4 Å². The summed E-state index contributed by atoms with van der Waals surface area (Å²) in [5.74, 6) is -0.396. The summed E-state index contributed by atoms with van der Waals surface area (Å²) in [5.41, 5.74) is 3.54. The van der Waals surface area contributed by atoms with Crippen molar-refractivity contribution in [2.75, 3.05) is 18.4 Å². The second-order valence-corrected chi connectivity index (χ2v) is 9.30. The number of alkyl halides is 3. The summed E-state index contributed by atoms with van der Waals surface area (Å²) in [4.78, 5) is 20.1. The Morgan fingerprint density at radius 2 is 1.75 bits per heavy atom. The van der Waals surface area contributed by atoms with Crippen LogP contribution in [-0.2, 0) is 12.7 Å². The van der Waals surface area contributed by atoms with E-state index >= 15 is 0 Å². The zero-order valence-corrected chi connectivity index (χ0v) is 20.0. The van der Waals surface area contributed by atoms with Crippen molar-refractivity contribution in [3.8, 4) is 5.69 Å². The maximum Gasteiger partial charge on any atom is 0.416 e. The quantitative estimate of drug-likeness (QED) is 0.342. The summed E-state index contributed by atoms with van der Waals surface area (Å²) in [6.45, 7) is 4.96. The standard InChI is InChI=1S/C28H27F3N4O/c1-19-7-5-10-23(15-19)35-25-12-11-20(18-34-13-3-2-4-14-34)16-24(25)32-27(35)33-26(36)21-8-6-9-22(17-21)28(29,30)31/h5-12,15-17H,2-4,13-14,18H2,1H3,(H,32,33,36). The first-order valence-electron chi connectivity index (χ1n) is 12.1. The number of fused-ring (bicyclic) bond motifs is 1. The summed E-state index contributed by atoms with van der Waals surface area (Å²) < 4.78 is 41.4. The van der Waals surface area contributed by atoms with Crippen molar-refractivity contribution in [3.63, 3.8) is 0 Å². The molecule has 186 valence electrons. The summed E-state index contributed by atoms with van der Waals surface area (Å²) in [6, 6.07) is 18.3. The fourth-order valence-corrected chi connectivity index (χ4v) is 4.72. The van der Waals surface area contributed by atoms with E-state index in [0.29, 0.717) is 5.52 Å². The number of benzene rings is 3. The van der Waals surface area contributed by atoms with Crippen LogP contribution >= 0.6 is 0 Å². The van der Waals surface area contributed by atoms with Gasteiger partial charge in [0, 0.05) is 17.8 Å². The van der Waals surface area contributed by atoms with E-state index in [-0.39, 0.29) is 11.5 Å². The van der Waals surface area contributed by atoms with Crippen molar-refractivity contribution in [1.82, 2.24) is 14.5 Å². The Hall–Kier alpha value is -3.65. The van der Waals surface area contributed by atoms with Gasteiger partial charge in [-0.05, 0) is 86.4 Å². The molecule has 0 radical (unpaired) electrons. The topological polar surface area (TPSA) is 50.2 Å². The van der Waals surface area contributed by atoms with Gasteiger partial charge >= 0.3 is 6.18 Å². The molecule has 1 N–H and O–H groups in total. The van der Waals surface area contributed by atoms with Crippen LogP contribution in [0.5, 0.6) is 0 Å². The Kier molecular flexibility index (Phi) is 6.53. The van der Waals surface area contributed by atoms with Crippen LogP contribution in [0.3, 0.4) is 0 Å². The van der Waals surface area contributed by atoms with Crippen LogP contribution in [0, 0.1) is 6.92 Å². The van der Waals surface area contributed by atoms with Gasteiger partial charge in [-0.25, -0.2) is 4.98 Å². The highest BCUT2D eigenvalue weighted by atomic mass is 19.4. The summed E-state index contributed by atoms with van der Waals surface area (Å²) in [7, 11) is 0. The van der Waals surface area contributed by atoms with Crippen molar-refractivity contribution in [2.45, 2.75) is 38.9 Å². The first-order valence-corrected chi connectivity index (χ1v) is 12.1. The summed E-state index contributed by atoms with van der Waals surface area (Å²) >= 11 is 0. The Morgan fingerprint density at radius 1 is 0.972 bits per heavy atom. The number of hydrogen-bond donors (Lipinski definition) is 1. The van der Waals surface area contributed by atoms with Gasteiger partial charge in [0.2, 0.25) is 5.95 Å². The number of nitrogens with zero attached hydrogens (tertiary/aromatic N) is 3. The third-order valence-electron chi connectivity index (χ3n) is 6.51. The molecule has 4 aromatic rings. The highest BCUT2D eigenvalue weighted by Gasteiger charge is 2.31. The molecule has 1 aliphatic rings. The predicted molar refractivity (Wildman–Crippen MR) is 134 cm³/mol. The molecule has 0 bridgehead atoms. The Labute approximate surface area is 207 Å². The van der Waals surface area contributed by atoms with Crippen LogP contribution < -0.4 is 5.32 Å². The Bertz CT molecular complexity index is 1400. The van der Waals surface area contributed by atoms with Crippen molar-refractivity contribution < 1.29 is 18.0 Å². The van der Waals surface area contributed by atoms with E-state index in [2.05, 4.69) is 16.3 Å². The highest BCUT2D eigenvalue weighted by Crippen LogP contribution is 2.30. The van der Waals surface area contributed by atoms with Gasteiger partial charge in [0.1, 0.15) is 0 Å². The Morgan fingerprint density at radius 3 is 2.50 bits per heavy atom. The van der Waals surface area contributed by atoms with Crippen molar-refractivity contribution >= 4 is 22.9 Å². The molecule has 2 heterocycles. The number of nitrogens with one attached hydrogen (secondary N) is 1. The lowest BCUT2D eigenvalue weighted by atomic mass is 10.1. The third-order valence-corrected chi connectivity index (χ3v) is 6.51. The molecular formula is C28H27F3N4O. The maximum absolute atomic E-state index is 13.2. The number of imidazole rings is 1. The first-order chi connectivity index (χ1) is 17.3. The largest absolute Gasteiger partial charge is 0.416 e. The lowest BCUT2D eigenvalue weighted by molar-refractivity contribution is -0.137. The fraction of sp³-hybridized carbons (Fsp3) is 0.286. The number of halogens is 3. The van der Waals surface area contributed by atoms with Gasteiger partial charge in [-0.1, -0.05) is 30.7 Å². The van der Waals surface area contributed by atoms with Crippen LogP contribution in [0.1, 0.15) is 46.3 Å². The number of piperidine rings is 1. The normalized spacial score (nSPS) is 14.8. The molecule has 0 atom stereocenters. The van der Waals surface area contributed by atoms with Crippen LogP contribution in [0.4, 0.5) is 19.1 Å². The molecule has 1 amide bonds. The molecule has 0 spiro atoms. The number of aryl methyl sites for hydroxylation is 1. The third kappa shape index (κ3) is 5.14. The number of rotatable bonds is 5. The SMILES string of the molecule is Cc1cccc(-n2c(NC(=O)c3cccc(C(F)(F)F)c3)nc3cc(CN4CCCCC4)ccc32)c1. The smallest absolute Gasteiger partial charge is 0.299 e. The summed E-state index contributed by atoms with van der Waals surface area (Å²) in [6.07, 6.45) is -0.854. The monoisotopic (exact) mass is 492 g/mol. The second kappa shape index (κ2) is 9.78. The average Bonchev–Trinajstić information content (AvgIpc) is 3.21. The van der Waals surface area contributed by atoms with Gasteiger partial charge in [0.05, 0.1) is 16.6 Å². The molecule has 1 aromatic heterocycles. The number of aromatic nitrogens is 2. The van der Waals surface area contributed by atoms with Crippen LogP contribution in [0.15, 0.2) is 66.7 Å². The molecule has 3 aromatic carbocycles. The van der Waals surface area contributed by atoms with Gasteiger partial charge in [-0.15, -0.1) is 0 Å². The lowest BCUT2D eigenvalue weighted by Gasteiger charge is -2.26. The van der Waals surface area contributed by atoms with Gasteiger partial charge in [0.15, 0.2) is 0 Å². The van der Waals surface area contributed by atoms with Crippen molar-refractivity contribution in [1.29, 1.82) is 0 Å². The van der Waals surface area contributed by atoms with Gasteiger partial charge in [-0.2, -0.15) is 13.2 Å². The highest BCUT2D eigenvalue weighted by molar-refractivity contribution is 6.04. The number of likely N-dealkylation sites (tertiary alicyclic amines) is 1. The molecule has 8 heteroatoms. The van der Waals surface area contributed by atoms with E-state index in [1.807, 2.05) is 47.9 Å². The molecule has 36 heavy (non-hydrogen) atoms. The zero-order valence-electron chi connectivity index (χ0n) is 20.0. The molecule has 0 aliphatic carbocycles. The van der Waals surface area contributed by atoms with E-state index in [4.69, 9.17) is 4.98 Å². The van der Waals surface area contributed by atoms with Gasteiger partial charge in [-0.3, -0.25) is 19.6 Å². The number of carbonyl (C=O) groups excluding carboxylic acids is 1. The van der Waals surface area contributed by atoms with Gasteiger partial charge < -0.3 is 0 Å². The molecule has 1 saturated heterocycles. The average molecular weight is 493 g/mol. The minimum Gasteiger partial charge on any atom is -0.299 e. The number of carbonyl (C=O) groups is 1. The minimum absolute atomic E-state index is 0.0848. The van der Waals surface area contributed by atoms with E-state index in [1.165, 1.54) is 31.4 Å². The number of hydrogen-bond acceptors (Lipinski definition) is 3. The molecule has 1 aliphatic heterocycles. The molecule has 1 fully saturated rings. The number of anilines is 1. The molecule has 5 rings (SSSR count). The minimum atomic E-state index is -4.53. The fourth-order valence-electron chi connectivity index (χ4n) is 4.72. The van der Waals surface area contributed by atoms with E-state index in [9.17, 15) is 18.0 Å². The van der Waals surface area contributed by atoms with E-state index < -0.39 is 17.6 Å². The first kappa shape index (κ1) is 24.1. The molecular weight excluding hydrogens is 465 g/mol. The predicted octanol–water partition coefficient (Wildman–Crippen LogP) is 6.59. The van der Waals surface area contributed by atoms with E-state index in [1.54, 1.807) is 0 Å². The van der Waals surface area contributed by atoms with Crippen molar-refractivity contribution in [3.05, 3.63) is 89.0 Å². The van der Waals surface area contributed by atoms with Crippen molar-refractivity contribution in [2.24, 2.45) is 0 Å². The zero-order chi connectivity index (χ0) is 25.3.